The van der Waals surface area contributed by atoms with Gasteiger partial charge in [0.1, 0.15) is 5.82 Å². The second-order valence-corrected chi connectivity index (χ2v) is 4.36. The maximum Gasteiger partial charge on any atom is 0.128 e. The minimum atomic E-state index is 0.517. The van der Waals surface area contributed by atoms with Gasteiger partial charge in [-0.05, 0) is 11.6 Å². The van der Waals surface area contributed by atoms with E-state index in [0.717, 1.165) is 36.7 Å². The third-order valence-corrected chi connectivity index (χ3v) is 3.41. The molecule has 0 bridgehead atoms. The van der Waals surface area contributed by atoms with Gasteiger partial charge >= 0.3 is 0 Å². The van der Waals surface area contributed by atoms with Crippen LogP contribution in [0.4, 0.5) is 5.69 Å². The van der Waals surface area contributed by atoms with Crippen LogP contribution in [-0.2, 0) is 19.0 Å². The molecule has 2 aromatic heterocycles. The number of hydrogen-bond acceptors (Lipinski definition) is 3. The Morgan fingerprint density at radius 2 is 2.24 bits per heavy atom. The molecular weight excluding hydrogens is 236 g/mol. The Labute approximate surface area is 105 Å². The summed E-state index contributed by atoms with van der Waals surface area (Å²) in [6.45, 7) is 2.76. The van der Waals surface area contributed by atoms with E-state index in [0.29, 0.717) is 5.88 Å². The maximum atomic E-state index is 5.96. The molecular formula is C12H13ClN4. The second kappa shape index (κ2) is 4.37. The van der Waals surface area contributed by atoms with Gasteiger partial charge < -0.3 is 9.47 Å². The van der Waals surface area contributed by atoms with Crippen molar-refractivity contribution < 1.29 is 0 Å². The van der Waals surface area contributed by atoms with Crippen LogP contribution in [0.1, 0.15) is 11.4 Å². The summed E-state index contributed by atoms with van der Waals surface area (Å²) in [4.78, 5) is 10.8. The number of halogens is 1. The van der Waals surface area contributed by atoms with E-state index in [2.05, 4.69) is 19.4 Å². The van der Waals surface area contributed by atoms with Crippen LogP contribution >= 0.6 is 11.6 Å². The number of fused-ring (bicyclic) bond motifs is 1. The van der Waals surface area contributed by atoms with E-state index in [1.807, 2.05) is 24.7 Å². The van der Waals surface area contributed by atoms with Crippen LogP contribution in [0.25, 0.3) is 0 Å². The highest BCUT2D eigenvalue weighted by Gasteiger charge is 2.18. The SMILES string of the molecule is ClCc1ccncc1N1CCn2ccnc2C1. The molecule has 0 saturated heterocycles. The average molecular weight is 249 g/mol. The number of hydrogen-bond donors (Lipinski definition) is 0. The molecule has 3 rings (SSSR count). The first-order valence-corrected chi connectivity index (χ1v) is 6.16. The van der Waals surface area contributed by atoms with Gasteiger partial charge in [0.25, 0.3) is 0 Å². The summed E-state index contributed by atoms with van der Waals surface area (Å²) in [5.41, 5.74) is 2.25. The largest absolute Gasteiger partial charge is 0.361 e. The third kappa shape index (κ3) is 1.89. The minimum absolute atomic E-state index is 0.517. The predicted molar refractivity (Wildman–Crippen MR) is 67.1 cm³/mol. The average Bonchev–Trinajstić information content (AvgIpc) is 2.85. The molecule has 5 heteroatoms. The van der Waals surface area contributed by atoms with Gasteiger partial charge in [0.2, 0.25) is 0 Å². The van der Waals surface area contributed by atoms with Crippen molar-refractivity contribution in [2.24, 2.45) is 0 Å². The van der Waals surface area contributed by atoms with E-state index >= 15 is 0 Å². The van der Waals surface area contributed by atoms with Crippen molar-refractivity contribution >= 4 is 17.3 Å². The highest BCUT2D eigenvalue weighted by molar-refractivity contribution is 6.17. The Balaban J connectivity index is 1.91. The van der Waals surface area contributed by atoms with Crippen molar-refractivity contribution in [1.29, 1.82) is 0 Å². The number of imidazole rings is 1. The predicted octanol–water partition coefficient (Wildman–Crippen LogP) is 2.04. The van der Waals surface area contributed by atoms with Crippen molar-refractivity contribution in [1.82, 2.24) is 14.5 Å². The molecule has 0 aliphatic carbocycles. The summed E-state index contributed by atoms with van der Waals surface area (Å²) in [7, 11) is 0. The van der Waals surface area contributed by atoms with Crippen LogP contribution < -0.4 is 4.90 Å². The number of nitrogens with zero attached hydrogens (tertiary/aromatic N) is 4. The summed E-state index contributed by atoms with van der Waals surface area (Å²) in [6.07, 6.45) is 7.55. The van der Waals surface area contributed by atoms with Crippen molar-refractivity contribution in [2.45, 2.75) is 19.0 Å². The van der Waals surface area contributed by atoms with Crippen LogP contribution in [0.15, 0.2) is 30.9 Å². The fourth-order valence-electron chi connectivity index (χ4n) is 2.19. The van der Waals surface area contributed by atoms with Gasteiger partial charge in [-0.25, -0.2) is 4.98 Å². The summed E-state index contributed by atoms with van der Waals surface area (Å²) in [6, 6.07) is 1.98. The smallest absolute Gasteiger partial charge is 0.128 e. The zero-order chi connectivity index (χ0) is 11.7. The summed E-state index contributed by atoms with van der Waals surface area (Å²) < 4.78 is 2.19. The Morgan fingerprint density at radius 1 is 1.29 bits per heavy atom. The van der Waals surface area contributed by atoms with Crippen LogP contribution in [-0.4, -0.2) is 21.1 Å². The number of rotatable bonds is 2. The lowest BCUT2D eigenvalue weighted by molar-refractivity contribution is 0.559. The molecule has 4 nitrogen and oxygen atoms in total. The van der Waals surface area contributed by atoms with Crippen LogP contribution in [0.5, 0.6) is 0 Å². The highest BCUT2D eigenvalue weighted by Crippen LogP contribution is 2.24. The minimum Gasteiger partial charge on any atom is -0.361 e. The van der Waals surface area contributed by atoms with Gasteiger partial charge in [-0.1, -0.05) is 0 Å². The van der Waals surface area contributed by atoms with Crippen molar-refractivity contribution in [3.63, 3.8) is 0 Å². The second-order valence-electron chi connectivity index (χ2n) is 4.10. The van der Waals surface area contributed by atoms with E-state index in [1.54, 1.807) is 6.20 Å². The van der Waals surface area contributed by atoms with E-state index in [-0.39, 0.29) is 0 Å². The number of alkyl halides is 1. The molecule has 0 saturated carbocycles. The Morgan fingerprint density at radius 3 is 3.12 bits per heavy atom. The number of pyridine rings is 1. The molecule has 1 aliphatic rings. The zero-order valence-corrected chi connectivity index (χ0v) is 10.1. The molecule has 0 radical (unpaired) electrons. The Kier molecular flexibility index (Phi) is 2.73. The molecule has 0 amide bonds. The molecule has 1 aliphatic heterocycles. The molecule has 0 spiro atoms. The van der Waals surface area contributed by atoms with E-state index in [4.69, 9.17) is 11.6 Å². The fraction of sp³-hybridized carbons (Fsp3) is 0.333. The highest BCUT2D eigenvalue weighted by atomic mass is 35.5. The third-order valence-electron chi connectivity index (χ3n) is 3.12. The van der Waals surface area contributed by atoms with Gasteiger partial charge in [0, 0.05) is 37.6 Å². The molecule has 0 unspecified atom stereocenters. The molecule has 0 fully saturated rings. The van der Waals surface area contributed by atoms with Gasteiger partial charge in [-0.2, -0.15) is 0 Å². The number of aromatic nitrogens is 3. The first-order valence-electron chi connectivity index (χ1n) is 5.62. The van der Waals surface area contributed by atoms with Crippen LogP contribution in [0.3, 0.4) is 0 Å². The summed E-state index contributed by atoms with van der Waals surface area (Å²) in [5, 5.41) is 0. The Hall–Kier alpha value is -1.55. The lowest BCUT2D eigenvalue weighted by atomic mass is 10.2. The van der Waals surface area contributed by atoms with Crippen LogP contribution in [0, 0.1) is 0 Å². The fourth-order valence-corrected chi connectivity index (χ4v) is 2.42. The van der Waals surface area contributed by atoms with Crippen molar-refractivity contribution in [2.75, 3.05) is 11.4 Å². The van der Waals surface area contributed by atoms with E-state index in [9.17, 15) is 0 Å². The number of anilines is 1. The normalized spacial score (nSPS) is 14.8. The zero-order valence-electron chi connectivity index (χ0n) is 9.38. The van der Waals surface area contributed by atoms with Crippen molar-refractivity contribution in [3.8, 4) is 0 Å². The van der Waals surface area contributed by atoms with Gasteiger partial charge in [-0.3, -0.25) is 4.98 Å². The first kappa shape index (κ1) is 10.6. The van der Waals surface area contributed by atoms with Gasteiger partial charge in [0.15, 0.2) is 0 Å². The molecule has 0 atom stereocenters. The summed E-state index contributed by atoms with van der Waals surface area (Å²) in [5.74, 6) is 1.61. The van der Waals surface area contributed by atoms with Crippen molar-refractivity contribution in [3.05, 3.63) is 42.2 Å². The lowest BCUT2D eigenvalue weighted by Crippen LogP contribution is -2.34. The first-order chi connectivity index (χ1) is 8.38. The Bertz CT molecular complexity index is 523. The quantitative estimate of drug-likeness (QED) is 0.763. The van der Waals surface area contributed by atoms with E-state index in [1.165, 1.54) is 0 Å². The molecule has 2 aromatic rings. The summed E-state index contributed by atoms with van der Waals surface area (Å²) >= 11 is 5.96. The monoisotopic (exact) mass is 248 g/mol. The van der Waals surface area contributed by atoms with Gasteiger partial charge in [-0.15, -0.1) is 11.6 Å². The maximum absolute atomic E-state index is 5.96. The molecule has 88 valence electrons. The molecule has 0 aromatic carbocycles. The topological polar surface area (TPSA) is 34.0 Å². The van der Waals surface area contributed by atoms with Crippen LogP contribution in [0.2, 0.25) is 0 Å². The molecule has 0 N–H and O–H groups in total. The standard InChI is InChI=1S/C12H13ClN4/c13-7-10-1-2-14-8-11(10)17-6-5-16-4-3-15-12(16)9-17/h1-4,8H,5-7,9H2. The van der Waals surface area contributed by atoms with Gasteiger partial charge in [0.05, 0.1) is 18.4 Å². The molecule has 3 heterocycles. The lowest BCUT2D eigenvalue weighted by Gasteiger charge is -2.30. The van der Waals surface area contributed by atoms with E-state index < -0.39 is 0 Å². The molecule has 17 heavy (non-hydrogen) atoms.